The first-order valence-corrected chi connectivity index (χ1v) is 17.0. The van der Waals surface area contributed by atoms with E-state index in [0.29, 0.717) is 0 Å². The van der Waals surface area contributed by atoms with Crippen LogP contribution in [0.3, 0.4) is 0 Å². The summed E-state index contributed by atoms with van der Waals surface area (Å²) in [5.41, 5.74) is 2.65. The number of hydrogen-bond acceptors (Lipinski definition) is 13. The molecule has 0 amide bonds. The standard InChI is InChI=1S/C31H36N3O11PS/c1-12(2)30(41)47(46)34-33-19(11-35)31(42)9-15-22(18(10-31)45-20-8-16(32)25(36)13(3)44-20)29(40)24-23(27(15)38)26(37)14-6-5-7-17(43-4)21(14)28(24)39/h5-7,13,16,18,20,25,34-36,38,40,42,46H,1,8-11,32H2,2-4H3/b33-19-/t13?,16?,18-,20?,25?,31-,47?/m0/s1. The number of aliphatic hydroxyl groups is 3. The van der Waals surface area contributed by atoms with Crippen LogP contribution in [0.1, 0.15) is 75.8 Å². The molecule has 2 aliphatic carbocycles. The van der Waals surface area contributed by atoms with Gasteiger partial charge < -0.3 is 45.5 Å². The largest absolute Gasteiger partial charge is 0.507 e. The molecular formula is C31H36N3O11PS. The fraction of sp³-hybridized carbons (Fsp3) is 0.419. The molecule has 1 saturated heterocycles. The zero-order chi connectivity index (χ0) is 34.5. The number of carbonyl (C=O) groups excluding carboxylic acids is 3. The number of hydrogen-bond donors (Lipinski definition) is 7. The highest BCUT2D eigenvalue weighted by molar-refractivity contribution is 8.25. The monoisotopic (exact) mass is 689 g/mol. The van der Waals surface area contributed by atoms with Gasteiger partial charge in [0.2, 0.25) is 10.9 Å². The van der Waals surface area contributed by atoms with Gasteiger partial charge >= 0.3 is 0 Å². The van der Waals surface area contributed by atoms with Gasteiger partial charge in [0.05, 0.1) is 54.4 Å². The summed E-state index contributed by atoms with van der Waals surface area (Å²) in [6.07, 6.45) is -5.04. The first-order valence-electron chi connectivity index (χ1n) is 14.6. The summed E-state index contributed by atoms with van der Waals surface area (Å²) in [6, 6.07) is 3.64. The number of hydrazone groups is 1. The Kier molecular flexibility index (Phi) is 9.75. The van der Waals surface area contributed by atoms with Gasteiger partial charge in [0, 0.05) is 52.3 Å². The lowest BCUT2D eigenvalue weighted by Crippen LogP contribution is -2.53. The molecule has 8 N–H and O–H groups in total. The Morgan fingerprint density at radius 1 is 1.23 bits per heavy atom. The predicted octanol–water partition coefficient (Wildman–Crippen LogP) is 1.07. The molecule has 16 heteroatoms. The molecule has 0 radical (unpaired) electrons. The van der Waals surface area contributed by atoms with Gasteiger partial charge in [-0.15, -0.1) is 0 Å². The molecule has 1 fully saturated rings. The number of aliphatic hydroxyl groups excluding tert-OH is 2. The topological polar surface area (TPSA) is 230 Å². The van der Waals surface area contributed by atoms with Crippen LogP contribution in [0.5, 0.6) is 17.2 Å². The van der Waals surface area contributed by atoms with Crippen LogP contribution in [0, 0.1) is 0 Å². The highest BCUT2D eigenvalue weighted by Crippen LogP contribution is 2.52. The summed E-state index contributed by atoms with van der Waals surface area (Å²) < 4.78 is 17.4. The van der Waals surface area contributed by atoms with E-state index >= 15 is 0 Å². The van der Waals surface area contributed by atoms with Crippen molar-refractivity contribution in [1.29, 1.82) is 0 Å². The number of carbonyl (C=O) groups is 3. The molecule has 1 aliphatic heterocycles. The van der Waals surface area contributed by atoms with Crippen molar-refractivity contribution in [1.82, 2.24) is 4.83 Å². The summed E-state index contributed by atoms with van der Waals surface area (Å²) in [6.45, 7) is 5.88. The van der Waals surface area contributed by atoms with E-state index < -0.39 is 105 Å². The highest BCUT2D eigenvalue weighted by atomic mass is 32.5. The van der Waals surface area contributed by atoms with Crippen LogP contribution in [0.2, 0.25) is 0 Å². The quantitative estimate of drug-likeness (QED) is 0.0578. The fourth-order valence-electron chi connectivity index (χ4n) is 6.21. The molecule has 0 bridgehead atoms. The predicted molar refractivity (Wildman–Crippen MR) is 173 cm³/mol. The normalized spacial score (nSPS) is 27.7. The molecule has 5 rings (SSSR count). The van der Waals surface area contributed by atoms with Crippen molar-refractivity contribution in [3.63, 3.8) is 0 Å². The third-order valence-electron chi connectivity index (χ3n) is 8.64. The minimum Gasteiger partial charge on any atom is -0.507 e. The van der Waals surface area contributed by atoms with Crippen molar-refractivity contribution >= 4 is 40.7 Å². The molecule has 252 valence electrons. The Bertz CT molecular complexity index is 1740. The molecule has 0 spiro atoms. The third-order valence-corrected chi connectivity index (χ3v) is 10.5. The Hall–Kier alpha value is -3.53. The summed E-state index contributed by atoms with van der Waals surface area (Å²) in [5.74, 6) is -2.78. The molecule has 0 saturated carbocycles. The van der Waals surface area contributed by atoms with Crippen LogP contribution in [0.15, 0.2) is 35.5 Å². The van der Waals surface area contributed by atoms with Gasteiger partial charge in [-0.3, -0.25) is 14.4 Å². The zero-order valence-corrected chi connectivity index (χ0v) is 27.6. The highest BCUT2D eigenvalue weighted by Gasteiger charge is 2.49. The van der Waals surface area contributed by atoms with E-state index in [4.69, 9.17) is 19.9 Å². The minimum absolute atomic E-state index is 0.00706. The lowest BCUT2D eigenvalue weighted by atomic mass is 9.71. The Morgan fingerprint density at radius 3 is 2.53 bits per heavy atom. The first-order chi connectivity index (χ1) is 22.1. The lowest BCUT2D eigenvalue weighted by molar-refractivity contribution is -0.245. The van der Waals surface area contributed by atoms with Gasteiger partial charge in [-0.05, 0) is 25.5 Å². The van der Waals surface area contributed by atoms with E-state index in [0.717, 1.165) is 0 Å². The van der Waals surface area contributed by atoms with Crippen molar-refractivity contribution in [2.75, 3.05) is 13.7 Å². The van der Waals surface area contributed by atoms with E-state index in [9.17, 15) is 39.9 Å². The second kappa shape index (κ2) is 13.2. The fourth-order valence-corrected chi connectivity index (χ4v) is 7.51. The average molecular weight is 690 g/mol. The van der Waals surface area contributed by atoms with Crippen LogP contribution in [-0.2, 0) is 30.9 Å². The van der Waals surface area contributed by atoms with E-state index in [1.165, 1.54) is 32.2 Å². The maximum atomic E-state index is 13.9. The Labute approximate surface area is 274 Å². The van der Waals surface area contributed by atoms with E-state index in [1.54, 1.807) is 6.92 Å². The van der Waals surface area contributed by atoms with Gasteiger partial charge in [-0.2, -0.15) is 5.10 Å². The number of nitrogens with two attached hydrogens (primary N) is 1. The van der Waals surface area contributed by atoms with Gasteiger partial charge in [0.15, 0.2) is 12.1 Å². The molecule has 7 atom stereocenters. The van der Waals surface area contributed by atoms with Crippen LogP contribution < -0.4 is 15.3 Å². The maximum absolute atomic E-state index is 13.9. The summed E-state index contributed by atoms with van der Waals surface area (Å²) in [5, 5.41) is 59.8. The van der Waals surface area contributed by atoms with Crippen molar-refractivity contribution in [2.45, 2.75) is 69.4 Å². The van der Waals surface area contributed by atoms with Crippen LogP contribution in [0.25, 0.3) is 0 Å². The Balaban J connectivity index is 1.66. The van der Waals surface area contributed by atoms with Crippen LogP contribution in [0.4, 0.5) is 0 Å². The van der Waals surface area contributed by atoms with Gasteiger partial charge in [0.1, 0.15) is 22.8 Å². The molecule has 5 unspecified atom stereocenters. The number of phenolic OH excluding ortho intramolecular Hbond substituents is 2. The van der Waals surface area contributed by atoms with Crippen molar-refractivity contribution in [2.24, 2.45) is 10.8 Å². The molecule has 0 aromatic heterocycles. The summed E-state index contributed by atoms with van der Waals surface area (Å²) >= 11 is 0. The van der Waals surface area contributed by atoms with E-state index in [1.807, 2.05) is 0 Å². The molecule has 14 nitrogen and oxygen atoms in total. The number of ether oxygens (including phenoxy) is 3. The molecular weight excluding hydrogens is 653 g/mol. The molecule has 2 aromatic carbocycles. The van der Waals surface area contributed by atoms with Gasteiger partial charge in [0.25, 0.3) is 0 Å². The average Bonchev–Trinajstić information content (AvgIpc) is 3.03. The van der Waals surface area contributed by atoms with Gasteiger partial charge in [-0.25, -0.2) is 4.83 Å². The van der Waals surface area contributed by atoms with Crippen LogP contribution >= 0.6 is 8.02 Å². The number of benzene rings is 2. The summed E-state index contributed by atoms with van der Waals surface area (Å²) in [7, 11) is 3.19. The number of phenols is 2. The number of methoxy groups -OCH3 is 1. The second-order valence-corrected chi connectivity index (χ2v) is 14.2. The van der Waals surface area contributed by atoms with Crippen molar-refractivity contribution in [3.05, 3.63) is 63.7 Å². The van der Waals surface area contributed by atoms with Crippen LogP contribution in [-0.4, -0.2) is 91.8 Å². The molecule has 3 aliphatic rings. The third kappa shape index (κ3) is 6.02. The molecule has 2 aromatic rings. The first kappa shape index (κ1) is 34.8. The number of ketones is 2. The molecule has 47 heavy (non-hydrogen) atoms. The summed E-state index contributed by atoms with van der Waals surface area (Å²) in [4.78, 5) is 42.6. The van der Waals surface area contributed by atoms with Gasteiger partial charge in [-0.1, -0.05) is 26.7 Å². The van der Waals surface area contributed by atoms with E-state index in [2.05, 4.69) is 24.5 Å². The van der Waals surface area contributed by atoms with Crippen molar-refractivity contribution < 1.29 is 54.1 Å². The zero-order valence-electron chi connectivity index (χ0n) is 25.8. The smallest absolute Gasteiger partial charge is 0.232 e. The number of rotatable bonds is 8. The molecule has 1 heterocycles. The number of fused-ring (bicyclic) bond motifs is 3. The second-order valence-electron chi connectivity index (χ2n) is 11.8. The lowest BCUT2D eigenvalue weighted by Gasteiger charge is -2.43. The number of nitrogens with zero attached hydrogens (tertiary/aromatic N) is 1. The number of nitrogens with one attached hydrogen (secondary N) is 1. The minimum atomic E-state index is -2.09. The maximum Gasteiger partial charge on any atom is 0.232 e. The van der Waals surface area contributed by atoms with Crippen molar-refractivity contribution in [3.8, 4) is 17.2 Å². The SMILES string of the molecule is C=C(C)C(=O)S(=P)N/N=C(/CO)[C@]1(O)Cc2c(O)c3c(c(O)c2[C@@H](OC2CC(N)C(O)C(C)O2)C1)C(=O)c1c(OC)cccc1C3=O. The number of aromatic hydroxyl groups is 2. The van der Waals surface area contributed by atoms with E-state index in [-0.39, 0.29) is 45.7 Å². The Morgan fingerprint density at radius 2 is 1.91 bits per heavy atom.